The molecule has 2 nitrogen and oxygen atoms in total. The average molecular weight is 354 g/mol. The van der Waals surface area contributed by atoms with E-state index in [1.54, 1.807) is 16.7 Å². The molecule has 0 heterocycles. The molecule has 1 amide bonds. The average Bonchev–Trinajstić information content (AvgIpc) is 2.51. The summed E-state index contributed by atoms with van der Waals surface area (Å²) in [7, 11) is 1.82. The Morgan fingerprint density at radius 1 is 0.955 bits per heavy atom. The predicted molar refractivity (Wildman–Crippen MR) is 95.5 cm³/mol. The summed E-state index contributed by atoms with van der Waals surface area (Å²) in [5, 5.41) is 1.43. The Morgan fingerprint density at radius 3 is 2.00 bits per heavy atom. The topological polar surface area (TPSA) is 20.3 Å². The van der Waals surface area contributed by atoms with Gasteiger partial charge in [0, 0.05) is 29.4 Å². The molecule has 2 rings (SSSR count). The van der Waals surface area contributed by atoms with Crippen LogP contribution in [0.15, 0.2) is 48.5 Å². The van der Waals surface area contributed by atoms with Crippen LogP contribution in [0.4, 0.5) is 0 Å². The maximum Gasteiger partial charge on any atom is 0.232 e. The molecule has 0 radical (unpaired) electrons. The van der Waals surface area contributed by atoms with Crippen molar-refractivity contribution in [3.05, 3.63) is 69.7 Å². The van der Waals surface area contributed by atoms with Crippen molar-refractivity contribution in [2.24, 2.45) is 0 Å². The van der Waals surface area contributed by atoms with Gasteiger partial charge in [-0.05, 0) is 35.4 Å². The van der Waals surface area contributed by atoms with Gasteiger partial charge in [-0.2, -0.15) is 0 Å². The second-order valence-corrected chi connectivity index (χ2v) is 6.85. The van der Waals surface area contributed by atoms with E-state index >= 15 is 0 Å². The highest BCUT2D eigenvalue weighted by molar-refractivity contribution is 7.99. The molecule has 0 saturated heterocycles. The fourth-order valence-corrected chi connectivity index (χ4v) is 3.08. The monoisotopic (exact) mass is 353 g/mol. The van der Waals surface area contributed by atoms with Gasteiger partial charge < -0.3 is 4.90 Å². The molecule has 2 aromatic rings. The van der Waals surface area contributed by atoms with Crippen molar-refractivity contribution in [2.45, 2.75) is 12.3 Å². The minimum absolute atomic E-state index is 0.119. The second kappa shape index (κ2) is 8.47. The van der Waals surface area contributed by atoms with Crippen LogP contribution in [0.2, 0.25) is 10.0 Å². The molecule has 5 heteroatoms. The van der Waals surface area contributed by atoms with E-state index < -0.39 is 0 Å². The lowest BCUT2D eigenvalue weighted by Gasteiger charge is -2.17. The van der Waals surface area contributed by atoms with E-state index in [1.165, 1.54) is 5.56 Å². The normalized spacial score (nSPS) is 10.5. The van der Waals surface area contributed by atoms with Crippen LogP contribution >= 0.6 is 35.0 Å². The van der Waals surface area contributed by atoms with E-state index in [2.05, 4.69) is 0 Å². The summed E-state index contributed by atoms with van der Waals surface area (Å²) in [5.74, 6) is 1.39. The molecule has 0 aliphatic heterocycles. The molecule has 0 unspecified atom stereocenters. The van der Waals surface area contributed by atoms with Crippen molar-refractivity contribution in [1.29, 1.82) is 0 Å². The zero-order chi connectivity index (χ0) is 15.9. The Kier molecular flexibility index (Phi) is 6.62. The zero-order valence-corrected chi connectivity index (χ0v) is 14.6. The van der Waals surface area contributed by atoms with Gasteiger partial charge >= 0.3 is 0 Å². The van der Waals surface area contributed by atoms with Crippen LogP contribution in [0.1, 0.15) is 11.1 Å². The number of benzene rings is 2. The van der Waals surface area contributed by atoms with Crippen molar-refractivity contribution in [3.63, 3.8) is 0 Å². The molecule has 0 saturated carbocycles. The van der Waals surface area contributed by atoms with Gasteiger partial charge in [-0.1, -0.05) is 47.5 Å². The van der Waals surface area contributed by atoms with Gasteiger partial charge in [-0.3, -0.25) is 4.79 Å². The van der Waals surface area contributed by atoms with Crippen LogP contribution in [-0.4, -0.2) is 23.6 Å². The molecule has 0 aromatic heterocycles. The van der Waals surface area contributed by atoms with Gasteiger partial charge in [0.25, 0.3) is 0 Å². The number of halogens is 2. The number of nitrogens with zero attached hydrogens (tertiary/aromatic N) is 1. The molecule has 2 aromatic carbocycles. The van der Waals surface area contributed by atoms with Crippen LogP contribution in [0.3, 0.4) is 0 Å². The molecule has 22 heavy (non-hydrogen) atoms. The van der Waals surface area contributed by atoms with Gasteiger partial charge in [-0.25, -0.2) is 0 Å². The van der Waals surface area contributed by atoms with Crippen molar-refractivity contribution >= 4 is 40.9 Å². The molecule has 116 valence electrons. The molecular weight excluding hydrogens is 337 g/mol. The molecular formula is C17H17Cl2NOS. The lowest BCUT2D eigenvalue weighted by atomic mass is 10.2. The highest BCUT2D eigenvalue weighted by Crippen LogP contribution is 2.16. The van der Waals surface area contributed by atoms with Crippen molar-refractivity contribution < 1.29 is 4.79 Å². The largest absolute Gasteiger partial charge is 0.341 e. The van der Waals surface area contributed by atoms with Crippen LogP contribution in [0.5, 0.6) is 0 Å². The summed E-state index contributed by atoms with van der Waals surface area (Å²) in [6.45, 7) is 0.595. The van der Waals surface area contributed by atoms with E-state index in [-0.39, 0.29) is 5.91 Å². The van der Waals surface area contributed by atoms with Gasteiger partial charge in [0.1, 0.15) is 0 Å². The first-order chi connectivity index (χ1) is 10.5. The fraction of sp³-hybridized carbons (Fsp3) is 0.235. The maximum absolute atomic E-state index is 12.1. The van der Waals surface area contributed by atoms with Gasteiger partial charge in [-0.15, -0.1) is 11.8 Å². The van der Waals surface area contributed by atoms with Gasteiger partial charge in [0.15, 0.2) is 0 Å². The van der Waals surface area contributed by atoms with Crippen molar-refractivity contribution in [3.8, 4) is 0 Å². The lowest BCUT2D eigenvalue weighted by molar-refractivity contribution is -0.127. The molecule has 0 spiro atoms. The summed E-state index contributed by atoms with van der Waals surface area (Å²) in [5.41, 5.74) is 2.24. The third kappa shape index (κ3) is 5.56. The molecule has 0 fully saturated rings. The second-order valence-electron chi connectivity index (χ2n) is 5.00. The highest BCUT2D eigenvalue weighted by Gasteiger charge is 2.09. The Bertz CT molecular complexity index is 614. The Balaban J connectivity index is 1.76. The molecule has 0 aliphatic carbocycles. The number of rotatable bonds is 6. The summed E-state index contributed by atoms with van der Waals surface area (Å²) >= 11 is 13.3. The Morgan fingerprint density at radius 2 is 1.45 bits per heavy atom. The van der Waals surface area contributed by atoms with E-state index in [1.807, 2.05) is 55.6 Å². The Hall–Kier alpha value is -1.16. The number of amides is 1. The number of carbonyl (C=O) groups excluding carboxylic acids is 1. The molecule has 0 atom stereocenters. The third-order valence-electron chi connectivity index (χ3n) is 3.17. The predicted octanol–water partition coefficient (Wildman–Crippen LogP) is 4.89. The Labute approximate surface area is 145 Å². The number of hydrogen-bond acceptors (Lipinski definition) is 2. The summed E-state index contributed by atoms with van der Waals surface area (Å²) in [6, 6.07) is 15.3. The number of thioether (sulfide) groups is 1. The van der Waals surface area contributed by atoms with E-state index in [4.69, 9.17) is 23.2 Å². The fourth-order valence-electron chi connectivity index (χ4n) is 1.90. The smallest absolute Gasteiger partial charge is 0.232 e. The van der Waals surface area contributed by atoms with E-state index in [0.717, 1.165) is 16.3 Å². The van der Waals surface area contributed by atoms with Gasteiger partial charge in [0.2, 0.25) is 5.91 Å². The minimum atomic E-state index is 0.119. The SMILES string of the molecule is CN(Cc1ccc(Cl)cc1)C(=O)CSCc1ccc(Cl)cc1. The summed E-state index contributed by atoms with van der Waals surface area (Å²) in [4.78, 5) is 13.9. The van der Waals surface area contributed by atoms with E-state index in [9.17, 15) is 4.79 Å². The van der Waals surface area contributed by atoms with Crippen LogP contribution in [-0.2, 0) is 17.1 Å². The van der Waals surface area contributed by atoms with Crippen LogP contribution < -0.4 is 0 Å². The van der Waals surface area contributed by atoms with Gasteiger partial charge in [0.05, 0.1) is 5.75 Å². The number of hydrogen-bond donors (Lipinski definition) is 0. The standard InChI is InChI=1S/C17H17Cl2NOS/c1-20(10-13-2-6-15(18)7-3-13)17(21)12-22-11-14-4-8-16(19)9-5-14/h2-9H,10-12H2,1H3. The first-order valence-corrected chi connectivity index (χ1v) is 8.76. The number of carbonyl (C=O) groups is 1. The van der Waals surface area contributed by atoms with Crippen LogP contribution in [0.25, 0.3) is 0 Å². The summed E-state index contributed by atoms with van der Waals surface area (Å²) in [6.07, 6.45) is 0. The van der Waals surface area contributed by atoms with Crippen LogP contribution in [0, 0.1) is 0 Å². The first-order valence-electron chi connectivity index (χ1n) is 6.85. The highest BCUT2D eigenvalue weighted by atomic mass is 35.5. The first kappa shape index (κ1) is 17.2. The lowest BCUT2D eigenvalue weighted by Crippen LogP contribution is -2.27. The third-order valence-corrected chi connectivity index (χ3v) is 4.66. The van der Waals surface area contributed by atoms with Crippen molar-refractivity contribution in [1.82, 2.24) is 4.90 Å². The molecule has 0 aliphatic rings. The quantitative estimate of drug-likeness (QED) is 0.737. The minimum Gasteiger partial charge on any atom is -0.341 e. The van der Waals surface area contributed by atoms with E-state index in [0.29, 0.717) is 17.3 Å². The maximum atomic E-state index is 12.1. The zero-order valence-electron chi connectivity index (χ0n) is 12.3. The molecule has 0 N–H and O–H groups in total. The summed E-state index contributed by atoms with van der Waals surface area (Å²) < 4.78 is 0. The van der Waals surface area contributed by atoms with Crippen molar-refractivity contribution in [2.75, 3.05) is 12.8 Å². The molecule has 0 bridgehead atoms.